The summed E-state index contributed by atoms with van der Waals surface area (Å²) in [4.78, 5) is 24.6. The number of H-pyrrole nitrogens is 1. The Morgan fingerprint density at radius 2 is 1.73 bits per heavy atom. The fraction of sp³-hybridized carbons (Fsp3) is 0.0476. The van der Waals surface area contributed by atoms with Crippen molar-refractivity contribution in [2.24, 2.45) is 0 Å². The largest absolute Gasteiger partial charge is 0.497 e. The molecule has 9 nitrogen and oxygen atoms in total. The van der Waals surface area contributed by atoms with Crippen LogP contribution in [-0.2, 0) is 0 Å². The Kier molecular flexibility index (Phi) is 5.25. The molecule has 0 saturated heterocycles. The smallest absolute Gasteiger partial charge is 0.287 e. The lowest BCUT2D eigenvalue weighted by Crippen LogP contribution is -2.41. The molecule has 150 valence electrons. The van der Waals surface area contributed by atoms with E-state index in [2.05, 4.69) is 26.1 Å². The Hall–Kier alpha value is -4.40. The molecule has 0 saturated carbocycles. The Morgan fingerprint density at radius 3 is 2.47 bits per heavy atom. The third-order valence-corrected chi connectivity index (χ3v) is 4.36. The zero-order valence-corrected chi connectivity index (χ0v) is 16.0. The third kappa shape index (κ3) is 4.04. The number of ether oxygens (including phenoxy) is 1. The molecule has 0 atom stereocenters. The summed E-state index contributed by atoms with van der Waals surface area (Å²) in [6.45, 7) is 0. The van der Waals surface area contributed by atoms with Gasteiger partial charge in [-0.1, -0.05) is 18.2 Å². The second kappa shape index (κ2) is 8.31. The van der Waals surface area contributed by atoms with Crippen LogP contribution < -0.4 is 15.6 Å². The van der Waals surface area contributed by atoms with Crippen LogP contribution in [0, 0.1) is 0 Å². The molecule has 0 fully saturated rings. The predicted octanol–water partition coefficient (Wildman–Crippen LogP) is 2.35. The summed E-state index contributed by atoms with van der Waals surface area (Å²) in [5.74, 6) is -0.281. The number of hydrogen-bond acceptors (Lipinski definition) is 5. The highest BCUT2D eigenvalue weighted by atomic mass is 16.5. The maximum atomic E-state index is 12.3. The number of rotatable bonds is 5. The minimum absolute atomic E-state index is 0.209. The van der Waals surface area contributed by atoms with E-state index in [4.69, 9.17) is 4.74 Å². The van der Waals surface area contributed by atoms with Gasteiger partial charge in [-0.25, -0.2) is 4.68 Å². The van der Waals surface area contributed by atoms with Crippen LogP contribution >= 0.6 is 0 Å². The SMILES string of the molecule is COc1ccc(-c2cc(C(=O)NNC(=O)c3cnn(-c4ccccc4)c3)[nH]n2)cc1. The fourth-order valence-corrected chi connectivity index (χ4v) is 2.76. The minimum Gasteiger partial charge on any atom is -0.497 e. The highest BCUT2D eigenvalue weighted by Gasteiger charge is 2.14. The quantitative estimate of drug-likeness (QED) is 0.444. The average Bonchev–Trinajstić information content (AvgIpc) is 3.48. The number of aromatic nitrogens is 4. The number of carbonyl (C=O) groups is 2. The summed E-state index contributed by atoms with van der Waals surface area (Å²) in [6, 6.07) is 18.3. The lowest BCUT2D eigenvalue weighted by molar-refractivity contribution is 0.0844. The molecule has 9 heteroatoms. The predicted molar refractivity (Wildman–Crippen MR) is 109 cm³/mol. The van der Waals surface area contributed by atoms with Crippen molar-refractivity contribution in [3.05, 3.63) is 84.3 Å². The van der Waals surface area contributed by atoms with Gasteiger partial charge in [0.25, 0.3) is 11.8 Å². The molecule has 30 heavy (non-hydrogen) atoms. The number of para-hydroxylation sites is 1. The number of methoxy groups -OCH3 is 1. The van der Waals surface area contributed by atoms with E-state index in [0.29, 0.717) is 11.3 Å². The summed E-state index contributed by atoms with van der Waals surface area (Å²) >= 11 is 0. The van der Waals surface area contributed by atoms with Gasteiger partial charge in [0.15, 0.2) is 0 Å². The Bertz CT molecular complexity index is 1160. The normalized spacial score (nSPS) is 10.4. The van der Waals surface area contributed by atoms with Crippen LogP contribution in [0.15, 0.2) is 73.1 Å². The second-order valence-corrected chi connectivity index (χ2v) is 6.31. The van der Waals surface area contributed by atoms with Crippen LogP contribution in [0.2, 0.25) is 0 Å². The summed E-state index contributed by atoms with van der Waals surface area (Å²) < 4.78 is 6.70. The molecule has 4 aromatic rings. The first-order valence-electron chi connectivity index (χ1n) is 9.04. The van der Waals surface area contributed by atoms with Crippen molar-refractivity contribution in [1.29, 1.82) is 0 Å². The van der Waals surface area contributed by atoms with Gasteiger partial charge in [-0.2, -0.15) is 10.2 Å². The molecule has 0 unspecified atom stereocenters. The lowest BCUT2D eigenvalue weighted by Gasteiger charge is -2.04. The van der Waals surface area contributed by atoms with Gasteiger partial charge >= 0.3 is 0 Å². The molecule has 0 aliphatic heterocycles. The molecule has 0 radical (unpaired) electrons. The minimum atomic E-state index is -0.522. The number of carbonyl (C=O) groups excluding carboxylic acids is 2. The van der Waals surface area contributed by atoms with E-state index >= 15 is 0 Å². The highest BCUT2D eigenvalue weighted by Crippen LogP contribution is 2.21. The first-order chi connectivity index (χ1) is 14.6. The number of hydrazine groups is 1. The molecule has 0 aliphatic rings. The molecule has 2 aromatic heterocycles. The zero-order valence-electron chi connectivity index (χ0n) is 16.0. The molecular formula is C21H18N6O3. The van der Waals surface area contributed by atoms with E-state index in [1.165, 1.54) is 6.20 Å². The molecule has 0 aliphatic carbocycles. The summed E-state index contributed by atoms with van der Waals surface area (Å²) in [6.07, 6.45) is 3.00. The first kappa shape index (κ1) is 18.9. The molecule has 0 bridgehead atoms. The van der Waals surface area contributed by atoms with E-state index in [-0.39, 0.29) is 5.69 Å². The van der Waals surface area contributed by atoms with Gasteiger partial charge in [0, 0.05) is 11.8 Å². The van der Waals surface area contributed by atoms with Gasteiger partial charge in [-0.05, 0) is 42.5 Å². The van der Waals surface area contributed by atoms with Gasteiger partial charge in [-0.3, -0.25) is 25.5 Å². The van der Waals surface area contributed by atoms with Crippen molar-refractivity contribution >= 4 is 11.8 Å². The summed E-state index contributed by atoms with van der Waals surface area (Å²) in [5.41, 5.74) is 7.49. The van der Waals surface area contributed by atoms with E-state index in [0.717, 1.165) is 17.0 Å². The van der Waals surface area contributed by atoms with Gasteiger partial charge < -0.3 is 4.74 Å². The summed E-state index contributed by atoms with van der Waals surface area (Å²) in [7, 11) is 1.59. The van der Waals surface area contributed by atoms with Crippen molar-refractivity contribution in [3.8, 4) is 22.7 Å². The molecule has 2 aromatic carbocycles. The molecular weight excluding hydrogens is 384 g/mol. The molecule has 2 heterocycles. The van der Waals surface area contributed by atoms with Crippen LogP contribution in [0.1, 0.15) is 20.8 Å². The van der Waals surface area contributed by atoms with Crippen LogP contribution in [0.5, 0.6) is 5.75 Å². The van der Waals surface area contributed by atoms with Crippen LogP contribution in [0.4, 0.5) is 0 Å². The van der Waals surface area contributed by atoms with Gasteiger partial charge in [0.2, 0.25) is 0 Å². The molecule has 0 spiro atoms. The van der Waals surface area contributed by atoms with Gasteiger partial charge in [-0.15, -0.1) is 0 Å². The van der Waals surface area contributed by atoms with Crippen LogP contribution in [0.25, 0.3) is 16.9 Å². The monoisotopic (exact) mass is 402 g/mol. The summed E-state index contributed by atoms with van der Waals surface area (Å²) in [5, 5.41) is 11.0. The van der Waals surface area contributed by atoms with Crippen molar-refractivity contribution in [1.82, 2.24) is 30.8 Å². The number of nitrogens with one attached hydrogen (secondary N) is 3. The number of hydrogen-bond donors (Lipinski definition) is 3. The maximum Gasteiger partial charge on any atom is 0.287 e. The number of aromatic amines is 1. The topological polar surface area (TPSA) is 114 Å². The Balaban J connectivity index is 1.37. The van der Waals surface area contributed by atoms with E-state index < -0.39 is 11.8 Å². The maximum absolute atomic E-state index is 12.3. The fourth-order valence-electron chi connectivity index (χ4n) is 2.76. The average molecular weight is 402 g/mol. The second-order valence-electron chi connectivity index (χ2n) is 6.31. The highest BCUT2D eigenvalue weighted by molar-refractivity contribution is 5.98. The first-order valence-corrected chi connectivity index (χ1v) is 9.04. The number of amides is 2. The number of nitrogens with zero attached hydrogens (tertiary/aromatic N) is 3. The van der Waals surface area contributed by atoms with Crippen molar-refractivity contribution < 1.29 is 14.3 Å². The van der Waals surface area contributed by atoms with Crippen molar-refractivity contribution in [3.63, 3.8) is 0 Å². The van der Waals surface area contributed by atoms with E-state index in [1.54, 1.807) is 36.2 Å². The van der Waals surface area contributed by atoms with E-state index in [9.17, 15) is 9.59 Å². The standard InChI is InChI=1S/C21H18N6O3/c1-30-17-9-7-14(8-10-17)18-11-19(24-23-18)21(29)26-25-20(28)15-12-22-27(13-15)16-5-3-2-4-6-16/h2-13H,1H3,(H,23,24)(H,25,28)(H,26,29). The lowest BCUT2D eigenvalue weighted by atomic mass is 10.1. The van der Waals surface area contributed by atoms with Crippen molar-refractivity contribution in [2.75, 3.05) is 7.11 Å². The van der Waals surface area contributed by atoms with Crippen LogP contribution in [0.3, 0.4) is 0 Å². The number of benzene rings is 2. The zero-order chi connectivity index (χ0) is 20.9. The van der Waals surface area contributed by atoms with E-state index in [1.807, 2.05) is 42.5 Å². The van der Waals surface area contributed by atoms with Gasteiger partial charge in [0.05, 0.1) is 30.3 Å². The molecule has 4 rings (SSSR count). The molecule has 2 amide bonds. The van der Waals surface area contributed by atoms with Crippen molar-refractivity contribution in [2.45, 2.75) is 0 Å². The third-order valence-electron chi connectivity index (χ3n) is 4.36. The molecule has 3 N–H and O–H groups in total. The van der Waals surface area contributed by atoms with Crippen LogP contribution in [-0.4, -0.2) is 38.9 Å². The van der Waals surface area contributed by atoms with Gasteiger partial charge in [0.1, 0.15) is 11.4 Å². The Labute approximate surface area is 171 Å². The Morgan fingerprint density at radius 1 is 1.00 bits per heavy atom.